The fourth-order valence-electron chi connectivity index (χ4n) is 2.28. The first-order chi connectivity index (χ1) is 8.72. The Morgan fingerprint density at radius 1 is 1.05 bits per heavy atom. The Kier molecular flexibility index (Phi) is 6.64. The van der Waals surface area contributed by atoms with Crippen molar-refractivity contribution in [3.8, 4) is 0 Å². The molecule has 2 aromatic rings. The van der Waals surface area contributed by atoms with Gasteiger partial charge in [-0.3, -0.25) is 4.90 Å². The van der Waals surface area contributed by atoms with Crippen LogP contribution >= 0.6 is 24.0 Å². The molecular weight excluding hydrogens is 277 g/mol. The van der Waals surface area contributed by atoms with Gasteiger partial charge in [-0.2, -0.15) is 0 Å². The smallest absolute Gasteiger partial charge is 0.0351 e. The lowest BCUT2D eigenvalue weighted by Crippen LogP contribution is -2.32. The molecule has 0 saturated carbocycles. The molecular formula is C16H21Cl2N. The zero-order valence-corrected chi connectivity index (χ0v) is 13.0. The molecule has 0 fully saturated rings. The lowest BCUT2D eigenvalue weighted by Gasteiger charge is -2.26. The van der Waals surface area contributed by atoms with E-state index in [0.717, 1.165) is 13.1 Å². The third kappa shape index (κ3) is 4.10. The number of benzene rings is 2. The average Bonchev–Trinajstić information content (AvgIpc) is 2.38. The molecule has 0 bridgehead atoms. The van der Waals surface area contributed by atoms with Crippen LogP contribution in [0.25, 0.3) is 10.8 Å². The molecule has 104 valence electrons. The van der Waals surface area contributed by atoms with Crippen molar-refractivity contribution >= 4 is 34.8 Å². The van der Waals surface area contributed by atoms with Crippen molar-refractivity contribution in [2.24, 2.45) is 0 Å². The zero-order chi connectivity index (χ0) is 13.0. The Labute approximate surface area is 127 Å². The van der Waals surface area contributed by atoms with Crippen LogP contribution in [0, 0.1) is 0 Å². The molecule has 0 atom stereocenters. The zero-order valence-electron chi connectivity index (χ0n) is 11.5. The number of nitrogens with zero attached hydrogens (tertiary/aromatic N) is 1. The van der Waals surface area contributed by atoms with Crippen LogP contribution in [0.15, 0.2) is 42.5 Å². The van der Waals surface area contributed by atoms with E-state index in [1.54, 1.807) is 0 Å². The van der Waals surface area contributed by atoms with Gasteiger partial charge in [-0.25, -0.2) is 0 Å². The molecule has 0 heterocycles. The van der Waals surface area contributed by atoms with E-state index >= 15 is 0 Å². The van der Waals surface area contributed by atoms with Gasteiger partial charge < -0.3 is 0 Å². The molecule has 1 nitrogen and oxygen atoms in total. The summed E-state index contributed by atoms with van der Waals surface area (Å²) in [6.45, 7) is 6.34. The molecule has 19 heavy (non-hydrogen) atoms. The topological polar surface area (TPSA) is 3.24 Å². The maximum Gasteiger partial charge on any atom is 0.0351 e. The predicted octanol–water partition coefficient (Wildman–Crippen LogP) is 4.71. The molecule has 0 aliphatic rings. The van der Waals surface area contributed by atoms with Crippen molar-refractivity contribution in [3.05, 3.63) is 48.0 Å². The summed E-state index contributed by atoms with van der Waals surface area (Å²) in [5.74, 6) is 0.683. The lowest BCUT2D eigenvalue weighted by atomic mass is 10.0. The standard InChI is InChI=1S/C16H20ClN.ClH/c1-13(2)18(11-10-17)12-15-8-5-7-14-6-3-4-9-16(14)15;/h3-9,13H,10-12H2,1-2H3;1H. The van der Waals surface area contributed by atoms with Crippen LogP contribution in [0.1, 0.15) is 19.4 Å². The minimum atomic E-state index is 0. The van der Waals surface area contributed by atoms with Gasteiger partial charge in [-0.05, 0) is 30.2 Å². The maximum absolute atomic E-state index is 5.88. The quantitative estimate of drug-likeness (QED) is 0.723. The molecule has 3 heteroatoms. The molecule has 2 aromatic carbocycles. The molecule has 2 rings (SSSR count). The lowest BCUT2D eigenvalue weighted by molar-refractivity contribution is 0.227. The molecule has 0 radical (unpaired) electrons. The second-order valence-electron chi connectivity index (χ2n) is 4.89. The minimum Gasteiger partial charge on any atom is -0.295 e. The highest BCUT2D eigenvalue weighted by atomic mass is 35.5. The van der Waals surface area contributed by atoms with E-state index in [1.807, 2.05) is 0 Å². The summed E-state index contributed by atoms with van der Waals surface area (Å²) in [5.41, 5.74) is 1.38. The monoisotopic (exact) mass is 297 g/mol. The van der Waals surface area contributed by atoms with Gasteiger partial charge in [0.25, 0.3) is 0 Å². The van der Waals surface area contributed by atoms with Gasteiger partial charge in [0.2, 0.25) is 0 Å². The third-order valence-electron chi connectivity index (χ3n) is 3.36. The SMILES string of the molecule is CC(C)N(CCCl)Cc1cccc2ccccc12.Cl. The average molecular weight is 298 g/mol. The van der Waals surface area contributed by atoms with Crippen LogP contribution < -0.4 is 0 Å². The van der Waals surface area contributed by atoms with Gasteiger partial charge in [-0.1, -0.05) is 42.5 Å². The molecule has 0 aliphatic heterocycles. The Balaban J connectivity index is 0.00000180. The molecule has 0 unspecified atom stereocenters. The van der Waals surface area contributed by atoms with E-state index < -0.39 is 0 Å². The number of rotatable bonds is 5. The van der Waals surface area contributed by atoms with Crippen molar-refractivity contribution in [3.63, 3.8) is 0 Å². The highest BCUT2D eigenvalue weighted by Crippen LogP contribution is 2.20. The minimum absolute atomic E-state index is 0. The summed E-state index contributed by atoms with van der Waals surface area (Å²) in [4.78, 5) is 2.41. The number of fused-ring (bicyclic) bond motifs is 1. The Bertz CT molecular complexity index is 506. The Morgan fingerprint density at radius 3 is 2.42 bits per heavy atom. The van der Waals surface area contributed by atoms with Crippen LogP contribution in [0.5, 0.6) is 0 Å². The first-order valence-electron chi connectivity index (χ1n) is 6.49. The van der Waals surface area contributed by atoms with Crippen molar-refractivity contribution in [1.29, 1.82) is 0 Å². The van der Waals surface area contributed by atoms with Gasteiger partial charge in [0.1, 0.15) is 0 Å². The van der Waals surface area contributed by atoms with Gasteiger partial charge in [0.05, 0.1) is 0 Å². The first kappa shape index (κ1) is 16.3. The molecule has 0 amide bonds. The van der Waals surface area contributed by atoms with Gasteiger partial charge in [0.15, 0.2) is 0 Å². The van der Waals surface area contributed by atoms with Crippen LogP contribution in [0.4, 0.5) is 0 Å². The van der Waals surface area contributed by atoms with Gasteiger partial charge in [0, 0.05) is 25.0 Å². The number of hydrogen-bond acceptors (Lipinski definition) is 1. The largest absolute Gasteiger partial charge is 0.295 e. The summed E-state index contributed by atoms with van der Waals surface area (Å²) in [6.07, 6.45) is 0. The molecule has 0 aromatic heterocycles. The van der Waals surface area contributed by atoms with Gasteiger partial charge in [-0.15, -0.1) is 24.0 Å². The molecule has 0 spiro atoms. The number of alkyl halides is 1. The van der Waals surface area contributed by atoms with E-state index in [0.29, 0.717) is 11.9 Å². The van der Waals surface area contributed by atoms with Crippen molar-refractivity contribution in [1.82, 2.24) is 4.90 Å². The summed E-state index contributed by atoms with van der Waals surface area (Å²) in [6, 6.07) is 15.6. The van der Waals surface area contributed by atoms with Crippen molar-refractivity contribution < 1.29 is 0 Å². The van der Waals surface area contributed by atoms with Crippen molar-refractivity contribution in [2.45, 2.75) is 26.4 Å². The van der Waals surface area contributed by atoms with E-state index in [-0.39, 0.29) is 12.4 Å². The fourth-order valence-corrected chi connectivity index (χ4v) is 2.49. The highest BCUT2D eigenvalue weighted by molar-refractivity contribution is 6.18. The Hall–Kier alpha value is -0.760. The summed E-state index contributed by atoms with van der Waals surface area (Å²) >= 11 is 5.88. The second kappa shape index (κ2) is 7.74. The van der Waals surface area contributed by atoms with E-state index in [2.05, 4.69) is 61.2 Å². The summed E-state index contributed by atoms with van der Waals surface area (Å²) in [7, 11) is 0. The van der Waals surface area contributed by atoms with Crippen LogP contribution in [-0.4, -0.2) is 23.4 Å². The number of hydrogen-bond donors (Lipinski definition) is 0. The Morgan fingerprint density at radius 2 is 1.74 bits per heavy atom. The normalized spacial score (nSPS) is 11.0. The second-order valence-corrected chi connectivity index (χ2v) is 5.27. The molecule has 0 aliphatic carbocycles. The van der Waals surface area contributed by atoms with E-state index in [9.17, 15) is 0 Å². The molecule has 0 saturated heterocycles. The maximum atomic E-state index is 5.88. The third-order valence-corrected chi connectivity index (χ3v) is 3.52. The van der Waals surface area contributed by atoms with Crippen LogP contribution in [0.3, 0.4) is 0 Å². The number of halogens is 2. The summed E-state index contributed by atoms with van der Waals surface area (Å²) in [5, 5.41) is 2.66. The first-order valence-corrected chi connectivity index (χ1v) is 7.02. The fraction of sp³-hybridized carbons (Fsp3) is 0.375. The predicted molar refractivity (Wildman–Crippen MR) is 87.5 cm³/mol. The van der Waals surface area contributed by atoms with Gasteiger partial charge >= 0.3 is 0 Å². The van der Waals surface area contributed by atoms with Crippen LogP contribution in [0.2, 0.25) is 0 Å². The highest BCUT2D eigenvalue weighted by Gasteiger charge is 2.10. The summed E-state index contributed by atoms with van der Waals surface area (Å²) < 4.78 is 0. The van der Waals surface area contributed by atoms with E-state index in [1.165, 1.54) is 16.3 Å². The van der Waals surface area contributed by atoms with E-state index in [4.69, 9.17) is 11.6 Å². The molecule has 0 N–H and O–H groups in total. The van der Waals surface area contributed by atoms with Crippen LogP contribution in [-0.2, 0) is 6.54 Å². The van der Waals surface area contributed by atoms with Crippen molar-refractivity contribution in [2.75, 3.05) is 12.4 Å².